The molecule has 0 aromatic rings. The largest absolute Gasteiger partial charge is 0.385 e. The number of nitrogens with one attached hydrogen (secondary N) is 1. The lowest BCUT2D eigenvalue weighted by Crippen LogP contribution is -2.56. The van der Waals surface area contributed by atoms with Crippen molar-refractivity contribution in [3.63, 3.8) is 0 Å². The predicted molar refractivity (Wildman–Crippen MR) is 58.8 cm³/mol. The Balaban J connectivity index is 1.76. The summed E-state index contributed by atoms with van der Waals surface area (Å²) in [5.74, 6) is 2.91. The predicted octanol–water partition coefficient (Wildman–Crippen LogP) is 2.58. The first-order chi connectivity index (χ1) is 7.30. The van der Waals surface area contributed by atoms with Crippen LogP contribution in [-0.4, -0.2) is 5.54 Å². The highest BCUT2D eigenvalue weighted by Gasteiger charge is 2.50. The standard InChI is InChI=1S/C13H18N2/c14-2-1-3-15-13-7-10-4-11(8-13)6-12(5-10)9-13/h1,3,10-12,15H,4-9H2/b3-1+. The fourth-order valence-electron chi connectivity index (χ4n) is 4.54. The van der Waals surface area contributed by atoms with Crippen LogP contribution < -0.4 is 5.32 Å². The molecule has 0 unspecified atom stereocenters. The number of nitrogens with zero attached hydrogens (tertiary/aromatic N) is 1. The van der Waals surface area contributed by atoms with E-state index in [1.165, 1.54) is 38.5 Å². The van der Waals surface area contributed by atoms with E-state index >= 15 is 0 Å². The Kier molecular flexibility index (Phi) is 2.02. The third-order valence-corrected chi connectivity index (χ3v) is 4.59. The van der Waals surface area contributed by atoms with E-state index in [2.05, 4.69) is 11.4 Å². The summed E-state index contributed by atoms with van der Waals surface area (Å²) >= 11 is 0. The highest BCUT2D eigenvalue weighted by molar-refractivity contribution is 5.10. The third kappa shape index (κ3) is 1.55. The average Bonchev–Trinajstić information content (AvgIpc) is 2.15. The zero-order valence-electron chi connectivity index (χ0n) is 9.08. The van der Waals surface area contributed by atoms with Crippen LogP contribution in [0.1, 0.15) is 38.5 Å². The van der Waals surface area contributed by atoms with Crippen molar-refractivity contribution in [2.24, 2.45) is 17.8 Å². The van der Waals surface area contributed by atoms with Gasteiger partial charge in [-0.25, -0.2) is 0 Å². The molecule has 1 N–H and O–H groups in total. The molecule has 4 bridgehead atoms. The monoisotopic (exact) mass is 202 g/mol. The quantitative estimate of drug-likeness (QED) is 0.699. The van der Waals surface area contributed by atoms with Crippen LogP contribution in [0.5, 0.6) is 0 Å². The molecule has 0 amide bonds. The van der Waals surface area contributed by atoms with E-state index in [9.17, 15) is 0 Å². The summed E-state index contributed by atoms with van der Waals surface area (Å²) in [7, 11) is 0. The maximum absolute atomic E-state index is 8.50. The first-order valence-electron chi connectivity index (χ1n) is 6.12. The Hall–Kier alpha value is -0.970. The van der Waals surface area contributed by atoms with Gasteiger partial charge in [0.25, 0.3) is 0 Å². The lowest BCUT2D eigenvalue weighted by atomic mass is 9.53. The van der Waals surface area contributed by atoms with Gasteiger partial charge in [0.1, 0.15) is 0 Å². The van der Waals surface area contributed by atoms with Gasteiger partial charge in [-0.2, -0.15) is 5.26 Å². The molecule has 0 atom stereocenters. The van der Waals surface area contributed by atoms with Gasteiger partial charge >= 0.3 is 0 Å². The normalized spacial score (nSPS) is 47.0. The zero-order chi connectivity index (χ0) is 10.3. The molecule has 4 aliphatic rings. The van der Waals surface area contributed by atoms with Crippen molar-refractivity contribution in [2.75, 3.05) is 0 Å². The Labute approximate surface area is 91.4 Å². The third-order valence-electron chi connectivity index (χ3n) is 4.59. The van der Waals surface area contributed by atoms with Gasteiger partial charge in [0, 0.05) is 17.8 Å². The fraction of sp³-hybridized carbons (Fsp3) is 0.769. The molecule has 4 fully saturated rings. The molecular weight excluding hydrogens is 184 g/mol. The van der Waals surface area contributed by atoms with Crippen molar-refractivity contribution in [1.82, 2.24) is 5.32 Å². The Morgan fingerprint density at radius 3 is 2.07 bits per heavy atom. The van der Waals surface area contributed by atoms with Crippen molar-refractivity contribution < 1.29 is 0 Å². The molecule has 4 aliphatic carbocycles. The molecule has 0 aromatic heterocycles. The van der Waals surface area contributed by atoms with E-state index in [1.807, 2.05) is 6.20 Å². The molecule has 2 nitrogen and oxygen atoms in total. The van der Waals surface area contributed by atoms with Crippen LogP contribution in [0.15, 0.2) is 12.3 Å². The van der Waals surface area contributed by atoms with Crippen LogP contribution in [-0.2, 0) is 0 Å². The number of allylic oxidation sites excluding steroid dienone is 1. The lowest BCUT2D eigenvalue weighted by molar-refractivity contribution is -0.0129. The second-order valence-electron chi connectivity index (χ2n) is 5.80. The van der Waals surface area contributed by atoms with Crippen molar-refractivity contribution >= 4 is 0 Å². The van der Waals surface area contributed by atoms with Gasteiger partial charge in [0.05, 0.1) is 6.07 Å². The summed E-state index contributed by atoms with van der Waals surface area (Å²) in [5, 5.41) is 12.0. The summed E-state index contributed by atoms with van der Waals surface area (Å²) in [6.07, 6.45) is 11.9. The van der Waals surface area contributed by atoms with E-state index in [4.69, 9.17) is 5.26 Å². The Morgan fingerprint density at radius 2 is 1.60 bits per heavy atom. The molecule has 0 heterocycles. The molecule has 0 spiro atoms. The van der Waals surface area contributed by atoms with Gasteiger partial charge in [-0.1, -0.05) is 0 Å². The highest BCUT2D eigenvalue weighted by Crippen LogP contribution is 2.55. The second kappa shape index (κ2) is 3.27. The van der Waals surface area contributed by atoms with Crippen molar-refractivity contribution in [3.05, 3.63) is 12.3 Å². The highest BCUT2D eigenvalue weighted by atomic mass is 15.0. The van der Waals surface area contributed by atoms with E-state index in [0.29, 0.717) is 5.54 Å². The second-order valence-corrected chi connectivity index (χ2v) is 5.80. The number of hydrogen-bond donors (Lipinski definition) is 1. The van der Waals surface area contributed by atoms with Crippen LogP contribution in [0, 0.1) is 29.1 Å². The lowest BCUT2D eigenvalue weighted by Gasteiger charge is -2.56. The van der Waals surface area contributed by atoms with Gasteiger partial charge in [-0.3, -0.25) is 0 Å². The molecule has 0 aliphatic heterocycles. The van der Waals surface area contributed by atoms with Crippen LogP contribution in [0.25, 0.3) is 0 Å². The summed E-state index contributed by atoms with van der Waals surface area (Å²) in [6, 6.07) is 2.06. The van der Waals surface area contributed by atoms with Gasteiger partial charge < -0.3 is 5.32 Å². The smallest absolute Gasteiger partial charge is 0.0927 e. The first-order valence-corrected chi connectivity index (χ1v) is 6.12. The molecule has 4 rings (SSSR count). The Bertz CT molecular complexity index is 289. The maximum Gasteiger partial charge on any atom is 0.0927 e. The van der Waals surface area contributed by atoms with Gasteiger partial charge in [0.15, 0.2) is 0 Å². The number of rotatable bonds is 2. The van der Waals surface area contributed by atoms with E-state index < -0.39 is 0 Å². The van der Waals surface area contributed by atoms with Crippen molar-refractivity contribution in [3.8, 4) is 6.07 Å². The summed E-state index contributed by atoms with van der Waals surface area (Å²) < 4.78 is 0. The zero-order valence-corrected chi connectivity index (χ0v) is 9.08. The molecule has 0 aromatic carbocycles. The molecular formula is C13H18N2. The van der Waals surface area contributed by atoms with Crippen LogP contribution in [0.2, 0.25) is 0 Å². The maximum atomic E-state index is 8.50. The minimum Gasteiger partial charge on any atom is -0.385 e. The van der Waals surface area contributed by atoms with Gasteiger partial charge in [0.2, 0.25) is 0 Å². The van der Waals surface area contributed by atoms with Crippen molar-refractivity contribution in [1.29, 1.82) is 5.26 Å². The Morgan fingerprint density at radius 1 is 1.07 bits per heavy atom. The molecule has 2 heteroatoms. The fourth-order valence-corrected chi connectivity index (χ4v) is 4.54. The average molecular weight is 202 g/mol. The molecule has 80 valence electrons. The van der Waals surface area contributed by atoms with Crippen LogP contribution in [0.4, 0.5) is 0 Å². The van der Waals surface area contributed by atoms with Crippen LogP contribution >= 0.6 is 0 Å². The van der Waals surface area contributed by atoms with Crippen molar-refractivity contribution in [2.45, 2.75) is 44.1 Å². The van der Waals surface area contributed by atoms with Gasteiger partial charge in [-0.05, 0) is 56.3 Å². The summed E-state index contributed by atoms with van der Waals surface area (Å²) in [5.41, 5.74) is 0.363. The number of nitriles is 1. The number of hydrogen-bond acceptors (Lipinski definition) is 2. The summed E-state index contributed by atoms with van der Waals surface area (Å²) in [4.78, 5) is 0. The first kappa shape index (κ1) is 9.27. The van der Waals surface area contributed by atoms with Crippen LogP contribution in [0.3, 0.4) is 0 Å². The molecule has 0 radical (unpaired) electrons. The van der Waals surface area contributed by atoms with E-state index in [-0.39, 0.29) is 0 Å². The van der Waals surface area contributed by atoms with Gasteiger partial charge in [-0.15, -0.1) is 0 Å². The molecule has 4 saturated carbocycles. The van der Waals surface area contributed by atoms with E-state index in [1.54, 1.807) is 6.08 Å². The molecule has 15 heavy (non-hydrogen) atoms. The SMILES string of the molecule is N#C/C=C/NC12CC3CC(CC(C3)C1)C2. The topological polar surface area (TPSA) is 35.8 Å². The van der Waals surface area contributed by atoms with E-state index in [0.717, 1.165) is 17.8 Å². The minimum atomic E-state index is 0.363. The molecule has 0 saturated heterocycles. The minimum absolute atomic E-state index is 0.363. The summed E-state index contributed by atoms with van der Waals surface area (Å²) in [6.45, 7) is 0.